The number of anilines is 1. The highest BCUT2D eigenvalue weighted by atomic mass is 16.1. The number of fused-ring (bicyclic) bond motifs is 2. The highest BCUT2D eigenvalue weighted by molar-refractivity contribution is 6.03. The van der Waals surface area contributed by atoms with Crippen molar-refractivity contribution in [1.29, 1.82) is 0 Å². The molecule has 0 fully saturated rings. The largest absolute Gasteiger partial charge is 0.356 e. The van der Waals surface area contributed by atoms with Crippen molar-refractivity contribution in [1.82, 2.24) is 5.32 Å². The molecule has 0 bridgehead atoms. The zero-order chi connectivity index (χ0) is 26.6. The van der Waals surface area contributed by atoms with E-state index in [1.165, 1.54) is 33.9 Å². The molecule has 0 radical (unpaired) electrons. The lowest BCUT2D eigenvalue weighted by Gasteiger charge is -2.27. The lowest BCUT2D eigenvalue weighted by atomic mass is 9.81. The van der Waals surface area contributed by atoms with Gasteiger partial charge in [-0.05, 0) is 50.8 Å². The molecule has 2 aromatic rings. The molecule has 0 spiro atoms. The molecule has 0 unspecified atom stereocenters. The van der Waals surface area contributed by atoms with Crippen LogP contribution in [0.5, 0.6) is 0 Å². The van der Waals surface area contributed by atoms with Gasteiger partial charge in [0.15, 0.2) is 5.71 Å². The highest BCUT2D eigenvalue weighted by Gasteiger charge is 2.43. The number of allylic oxidation sites excluding steroid dienone is 4. The summed E-state index contributed by atoms with van der Waals surface area (Å²) < 4.78 is 2.32. The van der Waals surface area contributed by atoms with E-state index in [4.69, 9.17) is 0 Å². The Morgan fingerprint density at radius 2 is 1.65 bits per heavy atom. The molecular formula is C33H44N3O+. The highest BCUT2D eigenvalue weighted by Crippen LogP contribution is 2.47. The van der Waals surface area contributed by atoms with Crippen molar-refractivity contribution in [3.63, 3.8) is 0 Å². The van der Waals surface area contributed by atoms with Gasteiger partial charge in [0.25, 0.3) is 0 Å². The van der Waals surface area contributed by atoms with E-state index >= 15 is 0 Å². The van der Waals surface area contributed by atoms with Crippen LogP contribution in [0.2, 0.25) is 0 Å². The first-order valence-electron chi connectivity index (χ1n) is 13.9. The third kappa shape index (κ3) is 5.30. The Kier molecular flexibility index (Phi) is 8.06. The van der Waals surface area contributed by atoms with E-state index in [9.17, 15) is 4.79 Å². The second kappa shape index (κ2) is 11.1. The van der Waals surface area contributed by atoms with Gasteiger partial charge in [0.05, 0.1) is 5.41 Å². The smallest absolute Gasteiger partial charge is 0.219 e. The van der Waals surface area contributed by atoms with Crippen molar-refractivity contribution in [2.24, 2.45) is 0 Å². The summed E-state index contributed by atoms with van der Waals surface area (Å²) in [5.41, 5.74) is 7.82. The van der Waals surface area contributed by atoms with Gasteiger partial charge in [-0.1, -0.05) is 69.7 Å². The zero-order valence-electron chi connectivity index (χ0n) is 23.6. The fourth-order valence-electron chi connectivity index (χ4n) is 5.96. The van der Waals surface area contributed by atoms with Crippen molar-refractivity contribution >= 4 is 23.0 Å². The minimum atomic E-state index is -0.0802. The van der Waals surface area contributed by atoms with Crippen molar-refractivity contribution in [3.05, 3.63) is 83.6 Å². The third-order valence-corrected chi connectivity index (χ3v) is 8.14. The average molecular weight is 499 g/mol. The van der Waals surface area contributed by atoms with Gasteiger partial charge in [-0.3, -0.25) is 4.79 Å². The van der Waals surface area contributed by atoms with Crippen LogP contribution in [0.25, 0.3) is 0 Å². The van der Waals surface area contributed by atoms with Gasteiger partial charge in [-0.15, -0.1) is 0 Å². The van der Waals surface area contributed by atoms with Crippen LogP contribution >= 0.6 is 0 Å². The number of hydrogen-bond donors (Lipinski definition) is 1. The van der Waals surface area contributed by atoms with E-state index in [1.54, 1.807) is 0 Å². The van der Waals surface area contributed by atoms with Crippen LogP contribution in [0, 0.1) is 0 Å². The van der Waals surface area contributed by atoms with E-state index < -0.39 is 0 Å². The van der Waals surface area contributed by atoms with Crippen molar-refractivity contribution in [2.45, 2.75) is 77.6 Å². The Morgan fingerprint density at radius 3 is 2.38 bits per heavy atom. The predicted molar refractivity (Wildman–Crippen MR) is 156 cm³/mol. The molecular weight excluding hydrogens is 454 g/mol. The van der Waals surface area contributed by atoms with Crippen LogP contribution in [0.3, 0.4) is 0 Å². The Balaban J connectivity index is 1.52. The molecule has 0 saturated heterocycles. The SMILES string of the molecule is CCCCNC(=O)CCCCN1C(=CC=CC2=[N+](C)c3ccccc3C2(C)C)C(C)(C)c2ccccc21. The summed E-state index contributed by atoms with van der Waals surface area (Å²) in [4.78, 5) is 14.6. The van der Waals surface area contributed by atoms with E-state index in [0.717, 1.165) is 38.8 Å². The number of amides is 1. The number of carbonyl (C=O) groups is 1. The first kappa shape index (κ1) is 26.9. The number of para-hydroxylation sites is 2. The maximum atomic E-state index is 12.2. The molecule has 4 nitrogen and oxygen atoms in total. The molecule has 1 amide bonds. The minimum Gasteiger partial charge on any atom is -0.356 e. The summed E-state index contributed by atoms with van der Waals surface area (Å²) in [5.74, 6) is 0.177. The maximum absolute atomic E-state index is 12.2. The molecule has 0 aromatic heterocycles. The quantitative estimate of drug-likeness (QED) is 0.282. The monoisotopic (exact) mass is 498 g/mol. The Bertz CT molecular complexity index is 1230. The molecule has 37 heavy (non-hydrogen) atoms. The number of benzene rings is 2. The van der Waals surface area contributed by atoms with Crippen LogP contribution in [0.1, 0.15) is 77.8 Å². The summed E-state index contributed by atoms with van der Waals surface area (Å²) in [6.45, 7) is 13.1. The van der Waals surface area contributed by atoms with Gasteiger partial charge >= 0.3 is 0 Å². The van der Waals surface area contributed by atoms with Gasteiger partial charge in [0.2, 0.25) is 11.6 Å². The number of carbonyl (C=O) groups excluding carboxylic acids is 1. The average Bonchev–Trinajstić information content (AvgIpc) is 3.21. The van der Waals surface area contributed by atoms with Crippen molar-refractivity contribution in [3.8, 4) is 0 Å². The van der Waals surface area contributed by atoms with Crippen LogP contribution in [-0.2, 0) is 15.6 Å². The van der Waals surface area contributed by atoms with Crippen LogP contribution in [0.15, 0.2) is 72.5 Å². The third-order valence-electron chi connectivity index (χ3n) is 8.14. The second-order valence-electron chi connectivity index (χ2n) is 11.5. The molecule has 196 valence electrons. The molecule has 2 heterocycles. The van der Waals surface area contributed by atoms with Gasteiger partial charge in [0, 0.05) is 54.0 Å². The molecule has 0 saturated carbocycles. The first-order valence-corrected chi connectivity index (χ1v) is 13.9. The van der Waals surface area contributed by atoms with E-state index in [1.807, 2.05) is 0 Å². The molecule has 4 rings (SSSR count). The number of rotatable bonds is 10. The van der Waals surface area contributed by atoms with Crippen molar-refractivity contribution in [2.75, 3.05) is 25.0 Å². The predicted octanol–water partition coefficient (Wildman–Crippen LogP) is 7.02. The summed E-state index contributed by atoms with van der Waals surface area (Å²) >= 11 is 0. The lowest BCUT2D eigenvalue weighted by molar-refractivity contribution is -0.401. The molecule has 4 heteroatoms. The van der Waals surface area contributed by atoms with E-state index in [0.29, 0.717) is 6.42 Å². The van der Waals surface area contributed by atoms with Crippen molar-refractivity contribution < 1.29 is 9.37 Å². The fraction of sp³-hybridized carbons (Fsp3) is 0.455. The zero-order valence-corrected chi connectivity index (χ0v) is 23.6. The molecule has 0 aliphatic carbocycles. The van der Waals surface area contributed by atoms with Gasteiger partial charge in [-0.25, -0.2) is 0 Å². The molecule has 1 N–H and O–H groups in total. The molecule has 2 aromatic carbocycles. The topological polar surface area (TPSA) is 35.4 Å². The molecule has 2 aliphatic heterocycles. The van der Waals surface area contributed by atoms with Gasteiger partial charge < -0.3 is 10.2 Å². The summed E-state index contributed by atoms with van der Waals surface area (Å²) in [6.07, 6.45) is 11.4. The van der Waals surface area contributed by atoms with Crippen LogP contribution in [0.4, 0.5) is 11.4 Å². The second-order valence-corrected chi connectivity index (χ2v) is 11.5. The van der Waals surface area contributed by atoms with Gasteiger partial charge in [-0.2, -0.15) is 4.58 Å². The lowest BCUT2D eigenvalue weighted by Crippen LogP contribution is -2.28. The van der Waals surface area contributed by atoms with Crippen LogP contribution in [-0.4, -0.2) is 36.3 Å². The summed E-state index contributed by atoms with van der Waals surface area (Å²) in [6, 6.07) is 17.5. The Hall–Kier alpha value is -3.14. The minimum absolute atomic E-state index is 0.0358. The van der Waals surface area contributed by atoms with E-state index in [-0.39, 0.29) is 16.7 Å². The van der Waals surface area contributed by atoms with Gasteiger partial charge in [0.1, 0.15) is 7.05 Å². The van der Waals surface area contributed by atoms with E-state index in [2.05, 4.69) is 123 Å². The fourth-order valence-corrected chi connectivity index (χ4v) is 5.96. The molecule has 0 atom stereocenters. The Labute approximate surface area is 223 Å². The summed E-state index contributed by atoms with van der Waals surface area (Å²) in [7, 11) is 2.17. The number of nitrogens with one attached hydrogen (secondary N) is 1. The Morgan fingerprint density at radius 1 is 0.946 bits per heavy atom. The van der Waals surface area contributed by atoms with Crippen LogP contribution < -0.4 is 10.2 Å². The standard InChI is InChI=1S/C33H43N3O/c1-7-8-23-34-31(37)22-13-14-24-36-28-19-12-10-17-26(28)33(4,5)30(36)21-15-20-29-32(2,3)25-16-9-11-18-27(25)35(29)6/h9-12,15-21H,7-8,13-14,22-24H2,1-6H3/p+1. The first-order chi connectivity index (χ1) is 17.7. The molecule has 2 aliphatic rings. The number of unbranched alkanes of at least 4 members (excludes halogenated alkanes) is 2. The summed E-state index contributed by atoms with van der Waals surface area (Å²) in [5, 5.41) is 3.04. The normalized spacial score (nSPS) is 18.5. The number of hydrogen-bond acceptors (Lipinski definition) is 2. The maximum Gasteiger partial charge on any atom is 0.219 e. The number of nitrogens with zero attached hydrogens (tertiary/aromatic N) is 2.